The fourth-order valence-corrected chi connectivity index (χ4v) is 1.57. The Bertz CT molecular complexity index is 269. The smallest absolute Gasteiger partial charge is 0.165 e. The molecule has 86 valence electrons. The second-order valence-corrected chi connectivity index (χ2v) is 3.47. The summed E-state index contributed by atoms with van der Waals surface area (Å²) in [6.07, 6.45) is 2.11. The summed E-state index contributed by atoms with van der Waals surface area (Å²) in [4.78, 5) is 0. The number of hydrogen-bond acceptors (Lipinski definition) is 5. The highest BCUT2D eigenvalue weighted by molar-refractivity contribution is 4.83. The Morgan fingerprint density at radius 1 is 1.53 bits per heavy atom. The van der Waals surface area contributed by atoms with Crippen LogP contribution in [-0.2, 0) is 11.3 Å². The lowest BCUT2D eigenvalue weighted by atomic mass is 10.2. The van der Waals surface area contributed by atoms with E-state index in [-0.39, 0.29) is 6.04 Å². The largest absolute Gasteiger partial charge is 0.382 e. The molecule has 0 aromatic carbocycles. The first-order chi connectivity index (χ1) is 7.33. The quantitative estimate of drug-likeness (QED) is 0.709. The molecule has 6 nitrogen and oxygen atoms in total. The molecule has 1 atom stereocenters. The lowest BCUT2D eigenvalue weighted by Gasteiger charge is -2.16. The van der Waals surface area contributed by atoms with Gasteiger partial charge in [0.05, 0.1) is 19.2 Å². The van der Waals surface area contributed by atoms with Crippen LogP contribution < -0.4 is 5.32 Å². The predicted molar refractivity (Wildman–Crippen MR) is 56.4 cm³/mol. The van der Waals surface area contributed by atoms with Crippen molar-refractivity contribution in [1.29, 1.82) is 0 Å². The van der Waals surface area contributed by atoms with Crippen LogP contribution in [0.3, 0.4) is 0 Å². The summed E-state index contributed by atoms with van der Waals surface area (Å²) in [5.41, 5.74) is 0. The van der Waals surface area contributed by atoms with Gasteiger partial charge in [-0.2, -0.15) is 0 Å². The van der Waals surface area contributed by atoms with E-state index in [4.69, 9.17) is 4.74 Å². The van der Waals surface area contributed by atoms with Gasteiger partial charge in [0.1, 0.15) is 0 Å². The molecule has 1 aromatic rings. The van der Waals surface area contributed by atoms with Gasteiger partial charge in [-0.3, -0.25) is 0 Å². The van der Waals surface area contributed by atoms with E-state index in [1.807, 2.05) is 11.7 Å². The Hall–Kier alpha value is -1.01. The van der Waals surface area contributed by atoms with Gasteiger partial charge in [0.25, 0.3) is 0 Å². The molecular weight excluding hydrogens is 194 g/mol. The van der Waals surface area contributed by atoms with Crippen molar-refractivity contribution in [3.05, 3.63) is 5.82 Å². The molecule has 0 radical (unpaired) electrons. The van der Waals surface area contributed by atoms with Gasteiger partial charge >= 0.3 is 0 Å². The van der Waals surface area contributed by atoms with Gasteiger partial charge in [-0.1, -0.05) is 13.3 Å². The van der Waals surface area contributed by atoms with Crippen molar-refractivity contribution >= 4 is 0 Å². The Balaban J connectivity index is 2.74. The third kappa shape index (κ3) is 3.24. The minimum atomic E-state index is 0.235. The first kappa shape index (κ1) is 12.1. The van der Waals surface area contributed by atoms with Crippen LogP contribution in [0.1, 0.15) is 31.6 Å². The molecule has 15 heavy (non-hydrogen) atoms. The highest BCUT2D eigenvalue weighted by Crippen LogP contribution is 2.13. The van der Waals surface area contributed by atoms with Crippen LogP contribution in [-0.4, -0.2) is 41.0 Å². The summed E-state index contributed by atoms with van der Waals surface area (Å²) in [6, 6.07) is 0.235. The zero-order valence-corrected chi connectivity index (χ0v) is 9.60. The number of nitrogens with one attached hydrogen (secondary N) is 1. The Morgan fingerprint density at radius 2 is 2.33 bits per heavy atom. The fraction of sp³-hybridized carbons (Fsp3) is 0.889. The molecule has 0 fully saturated rings. The van der Waals surface area contributed by atoms with Crippen molar-refractivity contribution in [2.75, 3.05) is 20.8 Å². The minimum Gasteiger partial charge on any atom is -0.382 e. The maximum Gasteiger partial charge on any atom is 0.165 e. The highest BCUT2D eigenvalue weighted by Gasteiger charge is 2.15. The molecule has 0 aliphatic carbocycles. The third-order valence-corrected chi connectivity index (χ3v) is 2.22. The number of tetrazole rings is 1. The summed E-state index contributed by atoms with van der Waals surface area (Å²) in [5, 5.41) is 14.7. The Kier molecular flexibility index (Phi) is 5.20. The lowest BCUT2D eigenvalue weighted by molar-refractivity contribution is 0.141. The van der Waals surface area contributed by atoms with Crippen molar-refractivity contribution < 1.29 is 4.74 Å². The molecule has 0 aliphatic rings. The summed E-state index contributed by atoms with van der Waals surface area (Å²) < 4.78 is 7.03. The van der Waals surface area contributed by atoms with E-state index in [1.165, 1.54) is 0 Å². The molecule has 0 amide bonds. The second kappa shape index (κ2) is 6.47. The van der Waals surface area contributed by atoms with Crippen molar-refractivity contribution in [1.82, 2.24) is 25.5 Å². The van der Waals surface area contributed by atoms with E-state index in [1.54, 1.807) is 7.11 Å². The first-order valence-corrected chi connectivity index (χ1v) is 5.23. The van der Waals surface area contributed by atoms with Crippen molar-refractivity contribution in [2.45, 2.75) is 32.4 Å². The SMILES string of the molecule is CCCC(COC)n1nnnc1CNC. The first-order valence-electron chi connectivity index (χ1n) is 5.23. The number of methoxy groups -OCH3 is 1. The fourth-order valence-electron chi connectivity index (χ4n) is 1.57. The maximum atomic E-state index is 5.18. The summed E-state index contributed by atoms with van der Waals surface area (Å²) in [6.45, 7) is 3.47. The molecule has 6 heteroatoms. The van der Waals surface area contributed by atoms with Gasteiger partial charge in [0.15, 0.2) is 5.82 Å². The van der Waals surface area contributed by atoms with Crippen LogP contribution in [0, 0.1) is 0 Å². The number of ether oxygens (including phenoxy) is 1. The van der Waals surface area contributed by atoms with Crippen LogP contribution in [0.15, 0.2) is 0 Å². The third-order valence-electron chi connectivity index (χ3n) is 2.22. The van der Waals surface area contributed by atoms with E-state index in [0.717, 1.165) is 18.7 Å². The van der Waals surface area contributed by atoms with Crippen LogP contribution in [0.4, 0.5) is 0 Å². The van der Waals surface area contributed by atoms with Gasteiger partial charge in [0, 0.05) is 7.11 Å². The number of nitrogens with zero attached hydrogens (tertiary/aromatic N) is 4. The second-order valence-electron chi connectivity index (χ2n) is 3.47. The topological polar surface area (TPSA) is 64.9 Å². The van der Waals surface area contributed by atoms with Crippen molar-refractivity contribution in [3.63, 3.8) is 0 Å². The van der Waals surface area contributed by atoms with E-state index < -0.39 is 0 Å². The van der Waals surface area contributed by atoms with Gasteiger partial charge in [-0.25, -0.2) is 4.68 Å². The van der Waals surface area contributed by atoms with E-state index >= 15 is 0 Å². The van der Waals surface area contributed by atoms with Crippen LogP contribution in [0.2, 0.25) is 0 Å². The van der Waals surface area contributed by atoms with Crippen molar-refractivity contribution in [2.24, 2.45) is 0 Å². The molecule has 0 saturated carbocycles. The van der Waals surface area contributed by atoms with Crippen LogP contribution >= 0.6 is 0 Å². The molecule has 0 spiro atoms. The number of aromatic nitrogens is 4. The molecule has 1 N–H and O–H groups in total. The summed E-state index contributed by atoms with van der Waals surface area (Å²) >= 11 is 0. The monoisotopic (exact) mass is 213 g/mol. The Morgan fingerprint density at radius 3 is 2.93 bits per heavy atom. The maximum absolute atomic E-state index is 5.18. The zero-order chi connectivity index (χ0) is 11.1. The molecule has 1 aromatic heterocycles. The highest BCUT2D eigenvalue weighted by atomic mass is 16.5. The number of rotatable bonds is 7. The standard InChI is InChI=1S/C9H19N5O/c1-4-5-8(7-15-3)14-9(6-10-2)11-12-13-14/h8,10H,4-7H2,1-3H3. The van der Waals surface area contributed by atoms with Gasteiger partial charge < -0.3 is 10.1 Å². The molecule has 0 bridgehead atoms. The molecule has 0 aliphatic heterocycles. The lowest BCUT2D eigenvalue weighted by Crippen LogP contribution is -2.21. The average molecular weight is 213 g/mol. The van der Waals surface area contributed by atoms with Gasteiger partial charge in [-0.15, -0.1) is 5.10 Å². The summed E-state index contributed by atoms with van der Waals surface area (Å²) in [7, 11) is 3.58. The minimum absolute atomic E-state index is 0.235. The van der Waals surface area contributed by atoms with Gasteiger partial charge in [0.2, 0.25) is 0 Å². The molecule has 1 rings (SSSR count). The van der Waals surface area contributed by atoms with Crippen LogP contribution in [0.25, 0.3) is 0 Å². The van der Waals surface area contributed by atoms with E-state index in [0.29, 0.717) is 13.2 Å². The Labute approximate surface area is 90.0 Å². The average Bonchev–Trinajstić information content (AvgIpc) is 2.66. The van der Waals surface area contributed by atoms with Crippen LogP contribution in [0.5, 0.6) is 0 Å². The normalized spacial score (nSPS) is 13.0. The summed E-state index contributed by atoms with van der Waals surface area (Å²) in [5.74, 6) is 0.855. The van der Waals surface area contributed by atoms with E-state index in [9.17, 15) is 0 Å². The van der Waals surface area contributed by atoms with Crippen molar-refractivity contribution in [3.8, 4) is 0 Å². The zero-order valence-electron chi connectivity index (χ0n) is 9.60. The molecular formula is C9H19N5O. The van der Waals surface area contributed by atoms with Gasteiger partial charge in [-0.05, 0) is 23.9 Å². The molecule has 1 heterocycles. The molecule has 0 saturated heterocycles. The van der Waals surface area contributed by atoms with E-state index in [2.05, 4.69) is 27.8 Å². The number of hydrogen-bond donors (Lipinski definition) is 1. The predicted octanol–water partition coefficient (Wildman–Crippen LogP) is 0.380. The molecule has 1 unspecified atom stereocenters.